The predicted molar refractivity (Wildman–Crippen MR) is 42.7 cm³/mol. The quantitative estimate of drug-likeness (QED) is 0.609. The highest BCUT2D eigenvalue weighted by Gasteiger charge is 2.31. The van der Waals surface area contributed by atoms with Crippen molar-refractivity contribution in [3.63, 3.8) is 0 Å². The Kier molecular flexibility index (Phi) is 2.54. The van der Waals surface area contributed by atoms with E-state index in [1.165, 1.54) is 0 Å². The Morgan fingerprint density at radius 2 is 2.09 bits per heavy atom. The van der Waals surface area contributed by atoms with E-state index in [-0.39, 0.29) is 11.9 Å². The summed E-state index contributed by atoms with van der Waals surface area (Å²) in [7, 11) is -3.21. The standard InChI is InChI=1S/C7H14O3S/c1-3-11(8,9)10-7-5-4-6(7)2/h6-7H,3-5H2,1-2H3. The van der Waals surface area contributed by atoms with Crippen LogP contribution in [0.5, 0.6) is 0 Å². The number of hydrogen-bond acceptors (Lipinski definition) is 3. The molecule has 2 unspecified atom stereocenters. The van der Waals surface area contributed by atoms with E-state index >= 15 is 0 Å². The van der Waals surface area contributed by atoms with E-state index in [1.54, 1.807) is 6.92 Å². The Labute approximate surface area is 67.9 Å². The van der Waals surface area contributed by atoms with Gasteiger partial charge in [-0.1, -0.05) is 6.92 Å². The number of hydrogen-bond donors (Lipinski definition) is 0. The van der Waals surface area contributed by atoms with Crippen molar-refractivity contribution in [3.05, 3.63) is 0 Å². The molecule has 0 spiro atoms. The minimum absolute atomic E-state index is 0.0417. The van der Waals surface area contributed by atoms with Crippen molar-refractivity contribution in [1.29, 1.82) is 0 Å². The molecule has 4 heteroatoms. The second-order valence-corrected chi connectivity index (χ2v) is 4.92. The summed E-state index contributed by atoms with van der Waals surface area (Å²) in [6.45, 7) is 3.61. The van der Waals surface area contributed by atoms with Crippen LogP contribution in [0.25, 0.3) is 0 Å². The molecule has 1 saturated carbocycles. The molecule has 1 rings (SSSR count). The van der Waals surface area contributed by atoms with Crippen LogP contribution in [0.15, 0.2) is 0 Å². The highest BCUT2D eigenvalue weighted by Crippen LogP contribution is 2.30. The first-order valence-electron chi connectivity index (χ1n) is 3.96. The van der Waals surface area contributed by atoms with Crippen LogP contribution < -0.4 is 0 Å². The van der Waals surface area contributed by atoms with Crippen LogP contribution >= 0.6 is 0 Å². The zero-order valence-corrected chi connectivity index (χ0v) is 7.73. The van der Waals surface area contributed by atoms with E-state index in [4.69, 9.17) is 4.18 Å². The molecule has 0 aromatic rings. The first-order chi connectivity index (χ1) is 5.05. The van der Waals surface area contributed by atoms with Crippen molar-refractivity contribution in [2.24, 2.45) is 5.92 Å². The molecule has 0 heterocycles. The fourth-order valence-electron chi connectivity index (χ4n) is 1.04. The second kappa shape index (κ2) is 3.11. The van der Waals surface area contributed by atoms with Gasteiger partial charge in [0.1, 0.15) is 0 Å². The van der Waals surface area contributed by atoms with Crippen molar-refractivity contribution in [2.75, 3.05) is 5.75 Å². The van der Waals surface area contributed by atoms with E-state index in [1.807, 2.05) is 6.92 Å². The number of rotatable bonds is 3. The van der Waals surface area contributed by atoms with E-state index in [9.17, 15) is 8.42 Å². The van der Waals surface area contributed by atoms with Gasteiger partial charge in [-0.15, -0.1) is 0 Å². The highest BCUT2D eigenvalue weighted by atomic mass is 32.2. The van der Waals surface area contributed by atoms with Crippen molar-refractivity contribution in [3.8, 4) is 0 Å². The van der Waals surface area contributed by atoms with Gasteiger partial charge >= 0.3 is 0 Å². The van der Waals surface area contributed by atoms with E-state index in [2.05, 4.69) is 0 Å². The fraction of sp³-hybridized carbons (Fsp3) is 1.00. The predicted octanol–water partition coefficient (Wildman–Crippen LogP) is 1.15. The van der Waals surface area contributed by atoms with E-state index in [0.717, 1.165) is 12.8 Å². The molecule has 11 heavy (non-hydrogen) atoms. The Morgan fingerprint density at radius 3 is 2.36 bits per heavy atom. The molecule has 0 aliphatic heterocycles. The van der Waals surface area contributed by atoms with Crippen molar-refractivity contribution in [2.45, 2.75) is 32.8 Å². The second-order valence-electron chi connectivity index (χ2n) is 3.04. The maximum atomic E-state index is 10.9. The van der Waals surface area contributed by atoms with Crippen LogP contribution in [-0.4, -0.2) is 20.3 Å². The zero-order chi connectivity index (χ0) is 8.48. The molecule has 0 aromatic carbocycles. The van der Waals surface area contributed by atoms with Crippen LogP contribution in [0.3, 0.4) is 0 Å². The van der Waals surface area contributed by atoms with Crippen LogP contribution in [0.2, 0.25) is 0 Å². The van der Waals surface area contributed by atoms with Gasteiger partial charge < -0.3 is 0 Å². The van der Waals surface area contributed by atoms with Crippen molar-refractivity contribution >= 4 is 10.1 Å². The fourth-order valence-corrected chi connectivity index (χ4v) is 1.83. The lowest BCUT2D eigenvalue weighted by atomic mass is 9.84. The molecule has 0 bridgehead atoms. The van der Waals surface area contributed by atoms with Crippen LogP contribution in [0, 0.1) is 5.92 Å². The molecular weight excluding hydrogens is 164 g/mol. The van der Waals surface area contributed by atoms with Gasteiger partial charge in [-0.05, 0) is 25.7 Å². The SMILES string of the molecule is CCS(=O)(=O)OC1CCC1C. The summed E-state index contributed by atoms with van der Waals surface area (Å²) in [5.74, 6) is 0.493. The summed E-state index contributed by atoms with van der Waals surface area (Å²) in [6, 6.07) is 0. The summed E-state index contributed by atoms with van der Waals surface area (Å²) in [6.07, 6.45) is 1.93. The molecule has 0 radical (unpaired) electrons. The third kappa shape index (κ3) is 2.17. The van der Waals surface area contributed by atoms with Gasteiger partial charge in [0.2, 0.25) is 0 Å². The molecule has 1 fully saturated rings. The molecule has 1 aliphatic carbocycles. The van der Waals surface area contributed by atoms with Gasteiger partial charge in [0.15, 0.2) is 0 Å². The third-order valence-corrected chi connectivity index (χ3v) is 3.41. The Balaban J connectivity index is 2.42. The van der Waals surface area contributed by atoms with Crippen molar-refractivity contribution in [1.82, 2.24) is 0 Å². The summed E-state index contributed by atoms with van der Waals surface area (Å²) >= 11 is 0. The summed E-state index contributed by atoms with van der Waals surface area (Å²) in [4.78, 5) is 0. The molecule has 0 aromatic heterocycles. The molecular formula is C7H14O3S. The minimum atomic E-state index is -3.21. The van der Waals surface area contributed by atoms with E-state index in [0.29, 0.717) is 5.92 Å². The first-order valence-corrected chi connectivity index (χ1v) is 5.54. The van der Waals surface area contributed by atoms with E-state index < -0.39 is 10.1 Å². The van der Waals surface area contributed by atoms with Crippen LogP contribution in [0.1, 0.15) is 26.7 Å². The molecule has 3 nitrogen and oxygen atoms in total. The zero-order valence-electron chi connectivity index (χ0n) is 6.91. The maximum Gasteiger partial charge on any atom is 0.267 e. The molecule has 2 atom stereocenters. The van der Waals surface area contributed by atoms with Crippen LogP contribution in [0.4, 0.5) is 0 Å². The summed E-state index contributed by atoms with van der Waals surface area (Å²) in [5, 5.41) is 0. The Hall–Kier alpha value is -0.0900. The first kappa shape index (κ1) is 9.00. The Bertz CT molecular complexity index is 220. The molecule has 0 saturated heterocycles. The molecule has 0 amide bonds. The topological polar surface area (TPSA) is 43.4 Å². The molecule has 66 valence electrons. The molecule has 0 N–H and O–H groups in total. The van der Waals surface area contributed by atoms with Gasteiger partial charge in [0.05, 0.1) is 11.9 Å². The highest BCUT2D eigenvalue weighted by molar-refractivity contribution is 7.86. The van der Waals surface area contributed by atoms with Gasteiger partial charge in [-0.3, -0.25) is 4.18 Å². The average Bonchev–Trinajstić information content (AvgIpc) is 1.98. The lowest BCUT2D eigenvalue weighted by Crippen LogP contribution is -2.34. The lowest BCUT2D eigenvalue weighted by Gasteiger charge is -2.32. The monoisotopic (exact) mass is 178 g/mol. The third-order valence-electron chi connectivity index (χ3n) is 2.16. The van der Waals surface area contributed by atoms with Gasteiger partial charge in [-0.2, -0.15) is 8.42 Å². The minimum Gasteiger partial charge on any atom is -0.266 e. The summed E-state index contributed by atoms with van der Waals surface area (Å²) < 4.78 is 26.8. The lowest BCUT2D eigenvalue weighted by molar-refractivity contribution is 0.0641. The van der Waals surface area contributed by atoms with Crippen LogP contribution in [-0.2, 0) is 14.3 Å². The van der Waals surface area contributed by atoms with Gasteiger partial charge in [0.25, 0.3) is 10.1 Å². The summed E-state index contributed by atoms with van der Waals surface area (Å²) in [5.41, 5.74) is 0. The Morgan fingerprint density at radius 1 is 1.45 bits per heavy atom. The maximum absolute atomic E-state index is 10.9. The molecule has 1 aliphatic rings. The normalized spacial score (nSPS) is 31.5. The smallest absolute Gasteiger partial charge is 0.266 e. The largest absolute Gasteiger partial charge is 0.267 e. The van der Waals surface area contributed by atoms with Gasteiger partial charge in [0, 0.05) is 0 Å². The van der Waals surface area contributed by atoms with Crippen molar-refractivity contribution < 1.29 is 12.6 Å². The average molecular weight is 178 g/mol. The van der Waals surface area contributed by atoms with Gasteiger partial charge in [-0.25, -0.2) is 0 Å².